The fraction of sp³-hybridized carbons (Fsp3) is 0.355. The normalized spacial score (nSPS) is 13.2. The van der Waals surface area contributed by atoms with Crippen LogP contribution in [0.15, 0.2) is 71.6 Å². The SMILES string of the molecule is CCC(C)NC(=O)C(CC)N(Cc1ccc(Cl)cc1Cl)C(=O)CN(c1cccc(C(F)(F)F)c1)S(=O)(=O)c1ccc(C)cc1. The molecule has 2 amide bonds. The number of halogens is 5. The van der Waals surface area contributed by atoms with Crippen molar-refractivity contribution in [2.75, 3.05) is 10.8 Å². The van der Waals surface area contributed by atoms with E-state index in [2.05, 4.69) is 5.32 Å². The lowest BCUT2D eigenvalue weighted by molar-refractivity contribution is -0.140. The van der Waals surface area contributed by atoms with Crippen LogP contribution in [0, 0.1) is 6.92 Å². The van der Waals surface area contributed by atoms with Gasteiger partial charge >= 0.3 is 6.18 Å². The van der Waals surface area contributed by atoms with Gasteiger partial charge in [-0.25, -0.2) is 8.42 Å². The number of anilines is 1. The van der Waals surface area contributed by atoms with E-state index >= 15 is 0 Å². The molecule has 3 rings (SSSR count). The quantitative estimate of drug-likeness (QED) is 0.220. The highest BCUT2D eigenvalue weighted by Gasteiger charge is 2.36. The van der Waals surface area contributed by atoms with Crippen molar-refractivity contribution in [3.8, 4) is 0 Å². The Morgan fingerprint density at radius 2 is 1.61 bits per heavy atom. The fourth-order valence-corrected chi connectivity index (χ4v) is 6.27. The largest absolute Gasteiger partial charge is 0.416 e. The van der Waals surface area contributed by atoms with Crippen LogP contribution in [-0.2, 0) is 32.3 Å². The molecule has 0 spiro atoms. The van der Waals surface area contributed by atoms with Gasteiger partial charge in [-0.15, -0.1) is 0 Å². The van der Waals surface area contributed by atoms with Gasteiger partial charge in [-0.1, -0.05) is 66.9 Å². The number of benzene rings is 3. The van der Waals surface area contributed by atoms with Crippen LogP contribution >= 0.6 is 23.2 Å². The molecule has 238 valence electrons. The van der Waals surface area contributed by atoms with Crippen LogP contribution in [-0.4, -0.2) is 43.8 Å². The van der Waals surface area contributed by atoms with Gasteiger partial charge in [0.1, 0.15) is 12.6 Å². The average molecular weight is 673 g/mol. The van der Waals surface area contributed by atoms with Crippen LogP contribution in [0.2, 0.25) is 10.0 Å². The van der Waals surface area contributed by atoms with Gasteiger partial charge in [0.15, 0.2) is 0 Å². The average Bonchev–Trinajstić information content (AvgIpc) is 2.96. The maximum Gasteiger partial charge on any atom is 0.416 e. The second-order valence-corrected chi connectivity index (χ2v) is 13.1. The van der Waals surface area contributed by atoms with Crippen molar-refractivity contribution in [2.24, 2.45) is 0 Å². The number of aryl methyl sites for hydroxylation is 1. The van der Waals surface area contributed by atoms with E-state index in [1.807, 2.05) is 6.92 Å². The summed E-state index contributed by atoms with van der Waals surface area (Å²) in [6.07, 6.45) is -3.98. The molecule has 0 aliphatic rings. The number of alkyl halides is 3. The number of hydrogen-bond acceptors (Lipinski definition) is 4. The Morgan fingerprint density at radius 3 is 2.18 bits per heavy atom. The van der Waals surface area contributed by atoms with Crippen LogP contribution in [0.5, 0.6) is 0 Å². The Balaban J connectivity index is 2.14. The molecule has 0 saturated carbocycles. The van der Waals surface area contributed by atoms with Gasteiger partial charge in [-0.2, -0.15) is 13.2 Å². The lowest BCUT2D eigenvalue weighted by atomic mass is 10.1. The van der Waals surface area contributed by atoms with Gasteiger partial charge in [0.25, 0.3) is 10.0 Å². The van der Waals surface area contributed by atoms with E-state index in [-0.39, 0.29) is 34.6 Å². The zero-order chi connectivity index (χ0) is 32.8. The highest BCUT2D eigenvalue weighted by molar-refractivity contribution is 7.92. The summed E-state index contributed by atoms with van der Waals surface area (Å²) in [6.45, 7) is 6.04. The second-order valence-electron chi connectivity index (χ2n) is 10.4. The molecule has 0 bridgehead atoms. The predicted octanol–water partition coefficient (Wildman–Crippen LogP) is 7.24. The first kappa shape index (κ1) is 35.2. The maximum absolute atomic E-state index is 14.1. The molecule has 0 aromatic heterocycles. The third-order valence-electron chi connectivity index (χ3n) is 7.09. The number of nitrogens with zero attached hydrogens (tertiary/aromatic N) is 2. The first-order chi connectivity index (χ1) is 20.6. The van der Waals surface area contributed by atoms with Crippen molar-refractivity contribution in [1.29, 1.82) is 0 Å². The maximum atomic E-state index is 14.1. The standard InChI is InChI=1S/C31H34Cl2F3N3O4S/c1-5-21(4)37-30(41)28(6-2)38(18-22-12-13-24(32)17-27(22)33)29(40)19-39(25-9-7-8-23(16-25)31(34,35)36)44(42,43)26-14-10-20(3)11-15-26/h7-17,21,28H,5-6,18-19H2,1-4H3,(H,37,41). The number of carbonyl (C=O) groups is 2. The molecule has 3 aromatic carbocycles. The number of amides is 2. The van der Waals surface area contributed by atoms with Crippen LogP contribution in [0.3, 0.4) is 0 Å². The smallest absolute Gasteiger partial charge is 0.352 e. The summed E-state index contributed by atoms with van der Waals surface area (Å²) in [4.78, 5) is 28.5. The van der Waals surface area contributed by atoms with Gasteiger partial charge < -0.3 is 10.2 Å². The van der Waals surface area contributed by atoms with E-state index in [0.717, 1.165) is 17.7 Å². The molecule has 44 heavy (non-hydrogen) atoms. The fourth-order valence-electron chi connectivity index (χ4n) is 4.40. The van der Waals surface area contributed by atoms with E-state index in [1.54, 1.807) is 45.0 Å². The van der Waals surface area contributed by atoms with Gasteiger partial charge in [0.05, 0.1) is 16.1 Å². The van der Waals surface area contributed by atoms with Crippen LogP contribution in [0.25, 0.3) is 0 Å². The van der Waals surface area contributed by atoms with Crippen molar-refractivity contribution in [1.82, 2.24) is 10.2 Å². The van der Waals surface area contributed by atoms with E-state index in [1.165, 1.54) is 29.2 Å². The Kier molecular flexibility index (Phi) is 11.7. The van der Waals surface area contributed by atoms with Crippen molar-refractivity contribution >= 4 is 50.7 Å². The summed E-state index contributed by atoms with van der Waals surface area (Å²) in [7, 11) is -4.55. The Bertz CT molecular complexity index is 1580. The molecule has 1 N–H and O–H groups in total. The molecular weight excluding hydrogens is 638 g/mol. The first-order valence-corrected chi connectivity index (χ1v) is 16.1. The highest BCUT2D eigenvalue weighted by atomic mass is 35.5. The summed E-state index contributed by atoms with van der Waals surface area (Å²) in [5, 5.41) is 3.41. The molecule has 0 aliphatic heterocycles. The molecule has 3 aromatic rings. The predicted molar refractivity (Wildman–Crippen MR) is 166 cm³/mol. The minimum Gasteiger partial charge on any atom is -0.352 e. The number of nitrogens with one attached hydrogen (secondary N) is 1. The zero-order valence-electron chi connectivity index (χ0n) is 24.7. The van der Waals surface area contributed by atoms with Gasteiger partial charge in [-0.3, -0.25) is 13.9 Å². The number of hydrogen-bond donors (Lipinski definition) is 1. The van der Waals surface area contributed by atoms with E-state index < -0.39 is 46.2 Å². The van der Waals surface area contributed by atoms with Gasteiger partial charge in [0, 0.05) is 22.6 Å². The molecule has 2 atom stereocenters. The molecule has 0 saturated heterocycles. The first-order valence-electron chi connectivity index (χ1n) is 13.9. The molecule has 0 aliphatic carbocycles. The summed E-state index contributed by atoms with van der Waals surface area (Å²) >= 11 is 12.5. The minimum absolute atomic E-state index is 0.160. The third kappa shape index (κ3) is 8.67. The minimum atomic E-state index is -4.77. The van der Waals surface area contributed by atoms with Crippen molar-refractivity contribution in [3.63, 3.8) is 0 Å². The molecule has 13 heteroatoms. The van der Waals surface area contributed by atoms with Crippen molar-refractivity contribution in [2.45, 2.75) is 70.2 Å². The lowest BCUT2D eigenvalue weighted by Gasteiger charge is -2.34. The Labute approximate surface area is 266 Å². The monoisotopic (exact) mass is 671 g/mol. The number of rotatable bonds is 12. The summed E-state index contributed by atoms with van der Waals surface area (Å²) in [5.41, 5.74) is -0.257. The van der Waals surface area contributed by atoms with E-state index in [4.69, 9.17) is 23.2 Å². The zero-order valence-corrected chi connectivity index (χ0v) is 27.0. The highest BCUT2D eigenvalue weighted by Crippen LogP contribution is 2.34. The van der Waals surface area contributed by atoms with E-state index in [9.17, 15) is 31.2 Å². The van der Waals surface area contributed by atoms with Gasteiger partial charge in [-0.05, 0) is 74.7 Å². The molecule has 2 unspecified atom stereocenters. The van der Waals surface area contributed by atoms with Crippen LogP contribution in [0.1, 0.15) is 50.3 Å². The second kappa shape index (κ2) is 14.7. The third-order valence-corrected chi connectivity index (χ3v) is 9.47. The lowest BCUT2D eigenvalue weighted by Crippen LogP contribution is -2.53. The Hall–Kier alpha value is -3.28. The molecular formula is C31H34Cl2F3N3O4S. The molecule has 0 fully saturated rings. The number of carbonyl (C=O) groups excluding carboxylic acids is 2. The van der Waals surface area contributed by atoms with Gasteiger partial charge in [0.2, 0.25) is 11.8 Å². The van der Waals surface area contributed by atoms with Crippen LogP contribution < -0.4 is 9.62 Å². The Morgan fingerprint density at radius 1 is 0.955 bits per heavy atom. The molecule has 0 heterocycles. The van der Waals surface area contributed by atoms with E-state index in [0.29, 0.717) is 27.4 Å². The number of sulfonamides is 1. The van der Waals surface area contributed by atoms with Crippen molar-refractivity contribution in [3.05, 3.63) is 93.5 Å². The molecule has 0 radical (unpaired) electrons. The topological polar surface area (TPSA) is 86.8 Å². The summed E-state index contributed by atoms with van der Waals surface area (Å²) < 4.78 is 69.5. The summed E-state index contributed by atoms with van der Waals surface area (Å²) in [5.74, 6) is -1.29. The van der Waals surface area contributed by atoms with Crippen LogP contribution in [0.4, 0.5) is 18.9 Å². The van der Waals surface area contributed by atoms with Crippen molar-refractivity contribution < 1.29 is 31.2 Å². The molecule has 7 nitrogen and oxygen atoms in total. The summed E-state index contributed by atoms with van der Waals surface area (Å²) in [6, 6.07) is 12.8.